The van der Waals surface area contributed by atoms with Gasteiger partial charge in [0.25, 0.3) is 5.91 Å². The number of hydrogen-bond donors (Lipinski definition) is 0. The highest BCUT2D eigenvalue weighted by Crippen LogP contribution is 2.16. The van der Waals surface area contributed by atoms with E-state index in [0.29, 0.717) is 44.0 Å². The molecule has 0 bridgehead atoms. The molecule has 0 unspecified atom stereocenters. The van der Waals surface area contributed by atoms with Gasteiger partial charge in [-0.05, 0) is 37.6 Å². The van der Waals surface area contributed by atoms with Gasteiger partial charge < -0.3 is 9.64 Å². The molecule has 0 N–H and O–H groups in total. The third kappa shape index (κ3) is 4.55. The summed E-state index contributed by atoms with van der Waals surface area (Å²) in [5, 5.41) is 0. The van der Waals surface area contributed by atoms with Crippen LogP contribution in [0.25, 0.3) is 0 Å². The lowest BCUT2D eigenvalue weighted by molar-refractivity contribution is 0.0624. The molecule has 1 amide bonds. The van der Waals surface area contributed by atoms with Crippen LogP contribution >= 0.6 is 0 Å². The zero-order valence-electron chi connectivity index (χ0n) is 16.2. The Labute approximate surface area is 160 Å². The lowest BCUT2D eigenvalue weighted by Crippen LogP contribution is -2.49. The van der Waals surface area contributed by atoms with Crippen molar-refractivity contribution in [2.24, 2.45) is 0 Å². The summed E-state index contributed by atoms with van der Waals surface area (Å²) in [5.74, 6) is 0.827. The number of methoxy groups -OCH3 is 1. The Kier molecular flexibility index (Phi) is 5.91. The van der Waals surface area contributed by atoms with Crippen molar-refractivity contribution < 1.29 is 14.3 Å². The Hall–Kier alpha value is -2.66. The van der Waals surface area contributed by atoms with Gasteiger partial charge in [0.15, 0.2) is 5.78 Å². The normalized spacial score (nSPS) is 14.9. The van der Waals surface area contributed by atoms with E-state index in [2.05, 4.69) is 4.90 Å². The Bertz CT molecular complexity index is 839. The molecule has 5 nitrogen and oxygen atoms in total. The first kappa shape index (κ1) is 19.1. The van der Waals surface area contributed by atoms with E-state index in [0.717, 1.165) is 16.7 Å². The second-order valence-corrected chi connectivity index (χ2v) is 7.04. The predicted molar refractivity (Wildman–Crippen MR) is 106 cm³/mol. The fourth-order valence-corrected chi connectivity index (χ4v) is 3.46. The quantitative estimate of drug-likeness (QED) is 0.764. The number of amides is 1. The highest BCUT2D eigenvalue weighted by Gasteiger charge is 2.24. The molecule has 1 aliphatic heterocycles. The lowest BCUT2D eigenvalue weighted by Gasteiger charge is -2.34. The minimum Gasteiger partial charge on any atom is -0.497 e. The summed E-state index contributed by atoms with van der Waals surface area (Å²) >= 11 is 0. The molecule has 2 aromatic carbocycles. The van der Waals surface area contributed by atoms with Crippen LogP contribution in [-0.4, -0.2) is 61.3 Å². The van der Waals surface area contributed by atoms with E-state index in [1.807, 2.05) is 49.1 Å². The van der Waals surface area contributed by atoms with E-state index in [1.165, 1.54) is 0 Å². The van der Waals surface area contributed by atoms with Gasteiger partial charge in [-0.3, -0.25) is 14.5 Å². The molecular weight excluding hydrogens is 340 g/mol. The Morgan fingerprint density at radius 1 is 1.00 bits per heavy atom. The monoisotopic (exact) mass is 366 g/mol. The Morgan fingerprint density at radius 2 is 1.74 bits per heavy atom. The summed E-state index contributed by atoms with van der Waals surface area (Å²) in [6, 6.07) is 13.1. The van der Waals surface area contributed by atoms with Crippen molar-refractivity contribution in [1.82, 2.24) is 9.80 Å². The maximum absolute atomic E-state index is 12.7. The van der Waals surface area contributed by atoms with E-state index >= 15 is 0 Å². The first-order valence-corrected chi connectivity index (χ1v) is 9.24. The van der Waals surface area contributed by atoms with Gasteiger partial charge in [-0.25, -0.2) is 0 Å². The zero-order chi connectivity index (χ0) is 19.4. The van der Waals surface area contributed by atoms with Crippen molar-refractivity contribution in [3.8, 4) is 5.75 Å². The average Bonchev–Trinajstić information content (AvgIpc) is 2.68. The number of rotatable bonds is 5. The number of nitrogens with zero attached hydrogens (tertiary/aromatic N) is 2. The number of aryl methyl sites for hydroxylation is 2. The summed E-state index contributed by atoms with van der Waals surface area (Å²) in [7, 11) is 1.59. The van der Waals surface area contributed by atoms with Crippen molar-refractivity contribution in [3.05, 3.63) is 64.7 Å². The van der Waals surface area contributed by atoms with E-state index in [-0.39, 0.29) is 11.7 Å². The van der Waals surface area contributed by atoms with Crippen LogP contribution < -0.4 is 4.74 Å². The molecule has 0 radical (unpaired) electrons. The SMILES string of the molecule is COc1cccc(C(=O)N2CCN(CC(=O)c3ccc(C)cc3C)CC2)c1. The van der Waals surface area contributed by atoms with Crippen LogP contribution in [0.15, 0.2) is 42.5 Å². The molecule has 0 atom stereocenters. The highest BCUT2D eigenvalue weighted by molar-refractivity contribution is 5.99. The second kappa shape index (κ2) is 8.35. The molecule has 3 rings (SSSR count). The third-order valence-electron chi connectivity index (χ3n) is 5.03. The number of ether oxygens (including phenoxy) is 1. The Balaban J connectivity index is 1.57. The minimum absolute atomic E-state index is 0.00857. The number of ketones is 1. The molecule has 0 spiro atoms. The maximum Gasteiger partial charge on any atom is 0.254 e. The zero-order valence-corrected chi connectivity index (χ0v) is 16.2. The van der Waals surface area contributed by atoms with Crippen LogP contribution in [0.5, 0.6) is 5.75 Å². The summed E-state index contributed by atoms with van der Waals surface area (Å²) in [6.45, 7) is 7.04. The summed E-state index contributed by atoms with van der Waals surface area (Å²) in [6.07, 6.45) is 0. The van der Waals surface area contributed by atoms with Crippen LogP contribution in [0.3, 0.4) is 0 Å². The molecule has 27 heavy (non-hydrogen) atoms. The van der Waals surface area contributed by atoms with Gasteiger partial charge in [-0.1, -0.05) is 29.8 Å². The summed E-state index contributed by atoms with van der Waals surface area (Å²) in [4.78, 5) is 29.3. The maximum atomic E-state index is 12.7. The summed E-state index contributed by atoms with van der Waals surface area (Å²) in [5.41, 5.74) is 3.60. The van der Waals surface area contributed by atoms with Crippen molar-refractivity contribution in [3.63, 3.8) is 0 Å². The van der Waals surface area contributed by atoms with E-state index < -0.39 is 0 Å². The van der Waals surface area contributed by atoms with Crippen LogP contribution in [0.4, 0.5) is 0 Å². The van der Waals surface area contributed by atoms with E-state index in [9.17, 15) is 9.59 Å². The molecule has 2 aromatic rings. The van der Waals surface area contributed by atoms with Crippen molar-refractivity contribution in [2.75, 3.05) is 39.8 Å². The first-order valence-electron chi connectivity index (χ1n) is 9.24. The van der Waals surface area contributed by atoms with Crippen LogP contribution in [-0.2, 0) is 0 Å². The van der Waals surface area contributed by atoms with Crippen molar-refractivity contribution in [2.45, 2.75) is 13.8 Å². The first-order chi connectivity index (χ1) is 13.0. The van der Waals surface area contributed by atoms with Gasteiger partial charge in [0.2, 0.25) is 0 Å². The van der Waals surface area contributed by atoms with E-state index in [4.69, 9.17) is 4.74 Å². The van der Waals surface area contributed by atoms with Crippen LogP contribution in [0, 0.1) is 13.8 Å². The largest absolute Gasteiger partial charge is 0.497 e. The van der Waals surface area contributed by atoms with Gasteiger partial charge in [0.05, 0.1) is 13.7 Å². The molecular formula is C22H26N2O3. The molecule has 1 heterocycles. The average molecular weight is 366 g/mol. The smallest absolute Gasteiger partial charge is 0.254 e. The number of carbonyl (C=O) groups is 2. The standard InChI is InChI=1S/C22H26N2O3/c1-16-7-8-20(17(2)13-16)21(25)15-23-9-11-24(12-10-23)22(26)18-5-4-6-19(14-18)27-3/h4-8,13-14H,9-12,15H2,1-3H3. The minimum atomic E-state index is 0.00857. The lowest BCUT2D eigenvalue weighted by atomic mass is 10.0. The van der Waals surface area contributed by atoms with Crippen molar-refractivity contribution in [1.29, 1.82) is 0 Å². The molecule has 142 valence electrons. The van der Waals surface area contributed by atoms with Gasteiger partial charge in [-0.2, -0.15) is 0 Å². The highest BCUT2D eigenvalue weighted by atomic mass is 16.5. The topological polar surface area (TPSA) is 49.9 Å². The number of carbonyl (C=O) groups excluding carboxylic acids is 2. The molecule has 0 saturated carbocycles. The third-order valence-corrected chi connectivity index (χ3v) is 5.03. The van der Waals surface area contributed by atoms with Gasteiger partial charge in [0.1, 0.15) is 5.75 Å². The second-order valence-electron chi connectivity index (χ2n) is 7.04. The number of Topliss-reactive ketones (excluding diaryl/α,β-unsaturated/α-hetero) is 1. The molecule has 5 heteroatoms. The van der Waals surface area contributed by atoms with Crippen molar-refractivity contribution >= 4 is 11.7 Å². The predicted octanol–water partition coefficient (Wildman–Crippen LogP) is 2.95. The fourth-order valence-electron chi connectivity index (χ4n) is 3.46. The molecule has 1 aliphatic rings. The molecule has 1 saturated heterocycles. The molecule has 0 aromatic heterocycles. The number of piperazine rings is 1. The number of benzene rings is 2. The molecule has 1 fully saturated rings. The fraction of sp³-hybridized carbons (Fsp3) is 0.364. The summed E-state index contributed by atoms with van der Waals surface area (Å²) < 4.78 is 5.20. The van der Waals surface area contributed by atoms with Gasteiger partial charge >= 0.3 is 0 Å². The van der Waals surface area contributed by atoms with Crippen LogP contribution in [0.2, 0.25) is 0 Å². The van der Waals surface area contributed by atoms with Crippen LogP contribution in [0.1, 0.15) is 31.8 Å². The Morgan fingerprint density at radius 3 is 2.41 bits per heavy atom. The van der Waals surface area contributed by atoms with Gasteiger partial charge in [-0.15, -0.1) is 0 Å². The number of hydrogen-bond acceptors (Lipinski definition) is 4. The molecule has 0 aliphatic carbocycles. The van der Waals surface area contributed by atoms with E-state index in [1.54, 1.807) is 19.2 Å². The van der Waals surface area contributed by atoms with Gasteiger partial charge in [0, 0.05) is 37.3 Å².